The smallest absolute Gasteiger partial charge is 0.220 e. The van der Waals surface area contributed by atoms with Crippen LogP contribution in [0, 0.1) is 0 Å². The molecule has 0 heterocycles. The third-order valence-corrected chi connectivity index (χ3v) is 5.40. The minimum atomic E-state index is 0.0762. The molecule has 0 aliphatic rings. The molecule has 1 aromatic rings. The maximum atomic E-state index is 12.0. The van der Waals surface area contributed by atoms with Crippen molar-refractivity contribution in [1.82, 2.24) is 5.32 Å². The van der Waals surface area contributed by atoms with E-state index in [9.17, 15) is 9.90 Å². The molecule has 0 bridgehead atoms. The van der Waals surface area contributed by atoms with Crippen molar-refractivity contribution in [2.24, 2.45) is 0 Å². The Morgan fingerprint density at radius 2 is 1.53 bits per heavy atom. The molecule has 0 fully saturated rings. The first-order valence-electron chi connectivity index (χ1n) is 11.9. The zero-order valence-electron chi connectivity index (χ0n) is 19.3. The predicted octanol–water partition coefficient (Wildman–Crippen LogP) is 7.05. The van der Waals surface area contributed by atoms with Gasteiger partial charge in [0.15, 0.2) is 11.5 Å². The van der Waals surface area contributed by atoms with E-state index in [1.54, 1.807) is 18.2 Å². The molecule has 30 heavy (non-hydrogen) atoms. The largest absolute Gasteiger partial charge is 0.504 e. The number of hydrogen-bond donors (Lipinski definition) is 2. The molecule has 1 rings (SSSR count). The van der Waals surface area contributed by atoms with Gasteiger partial charge in [0.2, 0.25) is 5.91 Å². The molecule has 0 aliphatic heterocycles. The lowest BCUT2D eigenvalue weighted by molar-refractivity contribution is -0.121. The van der Waals surface area contributed by atoms with Gasteiger partial charge in [-0.2, -0.15) is 0 Å². The van der Waals surface area contributed by atoms with E-state index in [2.05, 4.69) is 24.4 Å². The molecule has 1 amide bonds. The van der Waals surface area contributed by atoms with Gasteiger partial charge < -0.3 is 15.2 Å². The number of phenols is 1. The topological polar surface area (TPSA) is 58.6 Å². The van der Waals surface area contributed by atoms with Crippen LogP contribution in [0.15, 0.2) is 30.4 Å². The Hall–Kier alpha value is -1.97. The number of methoxy groups -OCH3 is 1. The van der Waals surface area contributed by atoms with Gasteiger partial charge in [-0.25, -0.2) is 0 Å². The summed E-state index contributed by atoms with van der Waals surface area (Å²) in [4.78, 5) is 12.0. The summed E-state index contributed by atoms with van der Waals surface area (Å²) in [5.41, 5.74) is 0.916. The molecular formula is C26H43NO3. The molecule has 4 nitrogen and oxygen atoms in total. The van der Waals surface area contributed by atoms with Crippen molar-refractivity contribution in [1.29, 1.82) is 0 Å². The Kier molecular flexibility index (Phi) is 15.5. The van der Waals surface area contributed by atoms with Crippen molar-refractivity contribution >= 4 is 5.91 Å². The molecule has 0 atom stereocenters. The Labute approximate surface area is 184 Å². The fourth-order valence-electron chi connectivity index (χ4n) is 3.48. The zero-order valence-corrected chi connectivity index (χ0v) is 19.3. The fourth-order valence-corrected chi connectivity index (χ4v) is 3.48. The SMILES string of the molecule is CCCCCCCCCC/C=C\CCCCCC(=O)NCc1ccc(O)c(OC)c1. The van der Waals surface area contributed by atoms with E-state index < -0.39 is 0 Å². The van der Waals surface area contributed by atoms with E-state index in [1.165, 1.54) is 64.9 Å². The highest BCUT2D eigenvalue weighted by atomic mass is 16.5. The number of unbranched alkanes of at least 4 members (excludes halogenated alkanes) is 11. The van der Waals surface area contributed by atoms with E-state index in [-0.39, 0.29) is 11.7 Å². The first kappa shape index (κ1) is 26.1. The monoisotopic (exact) mass is 417 g/mol. The molecule has 0 radical (unpaired) electrons. The first-order chi connectivity index (χ1) is 14.7. The molecule has 0 saturated heterocycles. The van der Waals surface area contributed by atoms with Crippen LogP contribution in [0.3, 0.4) is 0 Å². The lowest BCUT2D eigenvalue weighted by atomic mass is 10.1. The highest BCUT2D eigenvalue weighted by molar-refractivity contribution is 5.75. The van der Waals surface area contributed by atoms with Crippen LogP contribution in [0.5, 0.6) is 11.5 Å². The number of carbonyl (C=O) groups is 1. The van der Waals surface area contributed by atoms with Gasteiger partial charge in [-0.1, -0.05) is 76.5 Å². The number of hydrogen-bond acceptors (Lipinski definition) is 3. The number of aromatic hydroxyl groups is 1. The third kappa shape index (κ3) is 13.3. The second-order valence-electron chi connectivity index (χ2n) is 8.12. The van der Waals surface area contributed by atoms with Crippen molar-refractivity contribution in [3.63, 3.8) is 0 Å². The van der Waals surface area contributed by atoms with Crippen molar-refractivity contribution in [2.75, 3.05) is 7.11 Å². The molecule has 2 N–H and O–H groups in total. The van der Waals surface area contributed by atoms with Gasteiger partial charge >= 0.3 is 0 Å². The number of nitrogens with one attached hydrogen (secondary N) is 1. The standard InChI is InChI=1S/C26H43NO3/c1-3-4-5-6-7-8-9-10-11-12-13-14-15-16-17-18-26(29)27-22-23-19-20-24(28)25(21-23)30-2/h12-13,19-21,28H,3-11,14-18,22H2,1-2H3,(H,27,29)/b13-12-. The summed E-state index contributed by atoms with van der Waals surface area (Å²) in [6, 6.07) is 5.12. The summed E-state index contributed by atoms with van der Waals surface area (Å²) in [5.74, 6) is 0.615. The van der Waals surface area contributed by atoms with Crippen LogP contribution in [0.2, 0.25) is 0 Å². The van der Waals surface area contributed by atoms with E-state index in [0.717, 1.165) is 31.2 Å². The maximum Gasteiger partial charge on any atom is 0.220 e. The Morgan fingerprint density at radius 1 is 0.933 bits per heavy atom. The summed E-state index contributed by atoms with van der Waals surface area (Å²) in [5, 5.41) is 12.5. The highest BCUT2D eigenvalue weighted by Crippen LogP contribution is 2.26. The normalized spacial score (nSPS) is 11.1. The van der Waals surface area contributed by atoms with Crippen LogP contribution < -0.4 is 10.1 Å². The summed E-state index contributed by atoms with van der Waals surface area (Å²) >= 11 is 0. The minimum absolute atomic E-state index is 0.0762. The van der Waals surface area contributed by atoms with Crippen LogP contribution in [-0.2, 0) is 11.3 Å². The average molecular weight is 418 g/mol. The fraction of sp³-hybridized carbons (Fsp3) is 0.654. The number of benzene rings is 1. The number of ether oxygens (including phenoxy) is 1. The number of allylic oxidation sites excluding steroid dienone is 2. The van der Waals surface area contributed by atoms with Gasteiger partial charge in [-0.3, -0.25) is 4.79 Å². The maximum absolute atomic E-state index is 12.0. The van der Waals surface area contributed by atoms with E-state index in [1.807, 2.05) is 0 Å². The van der Waals surface area contributed by atoms with Crippen LogP contribution in [0.4, 0.5) is 0 Å². The Morgan fingerprint density at radius 3 is 2.17 bits per heavy atom. The molecular weight excluding hydrogens is 374 g/mol. The summed E-state index contributed by atoms with van der Waals surface area (Å²) in [6.07, 6.45) is 21.7. The molecule has 170 valence electrons. The lowest BCUT2D eigenvalue weighted by Gasteiger charge is -2.08. The number of rotatable bonds is 18. The highest BCUT2D eigenvalue weighted by Gasteiger charge is 2.05. The van der Waals surface area contributed by atoms with Crippen LogP contribution in [0.1, 0.15) is 102 Å². The van der Waals surface area contributed by atoms with E-state index in [4.69, 9.17) is 4.74 Å². The van der Waals surface area contributed by atoms with Crippen molar-refractivity contribution in [2.45, 2.75) is 103 Å². The molecule has 0 aliphatic carbocycles. The number of carbonyl (C=O) groups excluding carboxylic acids is 1. The van der Waals surface area contributed by atoms with Gasteiger partial charge in [-0.15, -0.1) is 0 Å². The third-order valence-electron chi connectivity index (χ3n) is 5.40. The zero-order chi connectivity index (χ0) is 21.9. The molecule has 0 saturated carbocycles. The van der Waals surface area contributed by atoms with Gasteiger partial charge in [0.1, 0.15) is 0 Å². The Bertz CT molecular complexity index is 598. The summed E-state index contributed by atoms with van der Waals surface area (Å²) in [7, 11) is 1.52. The predicted molar refractivity (Wildman–Crippen MR) is 126 cm³/mol. The van der Waals surface area contributed by atoms with Crippen LogP contribution in [0.25, 0.3) is 0 Å². The van der Waals surface area contributed by atoms with Gasteiger partial charge in [0, 0.05) is 13.0 Å². The second-order valence-corrected chi connectivity index (χ2v) is 8.12. The summed E-state index contributed by atoms with van der Waals surface area (Å²) in [6.45, 7) is 2.72. The van der Waals surface area contributed by atoms with E-state index in [0.29, 0.717) is 18.7 Å². The number of phenolic OH excluding ortho intramolecular Hbond substituents is 1. The molecule has 0 spiro atoms. The molecule has 0 aromatic heterocycles. The average Bonchev–Trinajstić information content (AvgIpc) is 2.75. The Balaban J connectivity index is 1.93. The first-order valence-corrected chi connectivity index (χ1v) is 11.9. The molecule has 0 unspecified atom stereocenters. The van der Waals surface area contributed by atoms with E-state index >= 15 is 0 Å². The van der Waals surface area contributed by atoms with Gasteiger partial charge in [-0.05, 0) is 49.8 Å². The minimum Gasteiger partial charge on any atom is -0.504 e. The van der Waals surface area contributed by atoms with Gasteiger partial charge in [0.25, 0.3) is 0 Å². The number of amides is 1. The van der Waals surface area contributed by atoms with Crippen molar-refractivity contribution < 1.29 is 14.6 Å². The molecule has 1 aromatic carbocycles. The van der Waals surface area contributed by atoms with Crippen LogP contribution in [-0.4, -0.2) is 18.1 Å². The quantitative estimate of drug-likeness (QED) is 0.199. The molecule has 4 heteroatoms. The lowest BCUT2D eigenvalue weighted by Crippen LogP contribution is -2.22. The second kappa shape index (κ2) is 17.9. The van der Waals surface area contributed by atoms with Crippen molar-refractivity contribution in [3.05, 3.63) is 35.9 Å². The summed E-state index contributed by atoms with van der Waals surface area (Å²) < 4.78 is 5.08. The van der Waals surface area contributed by atoms with Crippen molar-refractivity contribution in [3.8, 4) is 11.5 Å². The van der Waals surface area contributed by atoms with Crippen LogP contribution >= 0.6 is 0 Å². The van der Waals surface area contributed by atoms with Gasteiger partial charge in [0.05, 0.1) is 7.11 Å².